The van der Waals surface area contributed by atoms with E-state index in [1.165, 1.54) is 15.7 Å². The Balaban J connectivity index is 1.97. The van der Waals surface area contributed by atoms with Crippen LogP contribution in [0.25, 0.3) is 0 Å². The lowest BCUT2D eigenvalue weighted by atomic mass is 10.1. The predicted octanol–water partition coefficient (Wildman–Crippen LogP) is 1.81. The molecule has 0 spiro atoms. The summed E-state index contributed by atoms with van der Waals surface area (Å²) < 4.78 is 1.21. The number of hydrogen-bond acceptors (Lipinski definition) is 3. The average molecular weight is 280 g/mol. The molecule has 4 heteroatoms. The highest BCUT2D eigenvalue weighted by Crippen LogP contribution is 2.36. The number of rotatable bonds is 1. The van der Waals surface area contributed by atoms with Gasteiger partial charge in [-0.05, 0) is 17.7 Å². The van der Waals surface area contributed by atoms with Crippen molar-refractivity contribution in [2.45, 2.75) is 12.5 Å². The molecule has 0 fully saturated rings. The van der Waals surface area contributed by atoms with E-state index in [9.17, 15) is 0 Å². The molecule has 0 bridgehead atoms. The largest absolute Gasteiger partial charge is 0.370 e. The summed E-state index contributed by atoms with van der Waals surface area (Å²) in [4.78, 5) is 6.85. The Hall–Kier alpha value is -1.03. The van der Waals surface area contributed by atoms with Gasteiger partial charge >= 0.3 is 0 Å². The van der Waals surface area contributed by atoms with E-state index in [-0.39, 0.29) is 0 Å². The van der Waals surface area contributed by atoms with Gasteiger partial charge in [0, 0.05) is 30.2 Å². The van der Waals surface area contributed by atoms with Crippen LogP contribution in [0.1, 0.15) is 5.56 Å². The average Bonchev–Trinajstić information content (AvgIpc) is 2.88. The molecule has 2 aliphatic rings. The van der Waals surface area contributed by atoms with Gasteiger partial charge in [0.1, 0.15) is 5.84 Å². The zero-order valence-corrected chi connectivity index (χ0v) is 10.8. The van der Waals surface area contributed by atoms with Crippen LogP contribution in [0, 0.1) is 0 Å². The Morgan fingerprint density at radius 2 is 2.38 bits per heavy atom. The van der Waals surface area contributed by atoms with Crippen LogP contribution in [-0.2, 0) is 6.42 Å². The smallest absolute Gasteiger partial charge is 0.120 e. The van der Waals surface area contributed by atoms with Gasteiger partial charge in [0.15, 0.2) is 0 Å². The summed E-state index contributed by atoms with van der Waals surface area (Å²) in [6, 6.07) is 6.76. The lowest BCUT2D eigenvalue weighted by Gasteiger charge is -2.22. The van der Waals surface area contributed by atoms with Crippen LogP contribution >= 0.6 is 15.9 Å². The number of benzene rings is 1. The molecule has 16 heavy (non-hydrogen) atoms. The Kier molecular flexibility index (Phi) is 2.39. The normalized spacial score (nSPS) is 23.0. The summed E-state index contributed by atoms with van der Waals surface area (Å²) in [7, 11) is 2.14. The SMILES string of the molecule is CN1c2cccc(Br)c2CC1C1=NCCN1. The third-order valence-corrected chi connectivity index (χ3v) is 4.10. The first-order valence-corrected chi connectivity index (χ1v) is 6.35. The van der Waals surface area contributed by atoms with Gasteiger partial charge in [-0.15, -0.1) is 0 Å². The highest BCUT2D eigenvalue weighted by molar-refractivity contribution is 9.10. The summed E-state index contributed by atoms with van der Waals surface area (Å²) in [5, 5.41) is 3.38. The van der Waals surface area contributed by atoms with Gasteiger partial charge in [0.05, 0.1) is 12.6 Å². The molecule has 2 aliphatic heterocycles. The highest BCUT2D eigenvalue weighted by atomic mass is 79.9. The monoisotopic (exact) mass is 279 g/mol. The summed E-state index contributed by atoms with van der Waals surface area (Å²) in [5.41, 5.74) is 2.71. The Labute approximate surface area is 104 Å². The van der Waals surface area contributed by atoms with E-state index >= 15 is 0 Å². The third kappa shape index (κ3) is 1.44. The molecule has 0 aromatic heterocycles. The van der Waals surface area contributed by atoms with Gasteiger partial charge in [-0.2, -0.15) is 0 Å². The molecule has 1 aromatic rings. The number of amidine groups is 1. The molecule has 0 saturated carbocycles. The van der Waals surface area contributed by atoms with Gasteiger partial charge in [0.25, 0.3) is 0 Å². The molecule has 3 nitrogen and oxygen atoms in total. The van der Waals surface area contributed by atoms with Gasteiger partial charge < -0.3 is 10.2 Å². The van der Waals surface area contributed by atoms with Crippen molar-refractivity contribution in [3.8, 4) is 0 Å². The van der Waals surface area contributed by atoms with Crippen LogP contribution in [0.4, 0.5) is 5.69 Å². The fraction of sp³-hybridized carbons (Fsp3) is 0.417. The van der Waals surface area contributed by atoms with Gasteiger partial charge in [-0.3, -0.25) is 4.99 Å². The molecule has 84 valence electrons. The third-order valence-electron chi connectivity index (χ3n) is 3.35. The second-order valence-electron chi connectivity index (χ2n) is 4.26. The van der Waals surface area contributed by atoms with Crippen molar-refractivity contribution in [1.82, 2.24) is 5.32 Å². The molecule has 3 rings (SSSR count). The Morgan fingerprint density at radius 3 is 3.06 bits per heavy atom. The van der Waals surface area contributed by atoms with Gasteiger partial charge in [-0.25, -0.2) is 0 Å². The Bertz CT molecular complexity index is 456. The van der Waals surface area contributed by atoms with Crippen molar-refractivity contribution in [2.24, 2.45) is 4.99 Å². The van der Waals surface area contributed by atoms with E-state index in [0.717, 1.165) is 25.3 Å². The number of aliphatic imine (C=N–C) groups is 1. The van der Waals surface area contributed by atoms with Gasteiger partial charge in [0.2, 0.25) is 0 Å². The molecule has 0 amide bonds. The van der Waals surface area contributed by atoms with Crippen LogP contribution in [0.15, 0.2) is 27.7 Å². The lowest BCUT2D eigenvalue weighted by Crippen LogP contribution is -2.41. The van der Waals surface area contributed by atoms with Gasteiger partial charge in [-0.1, -0.05) is 22.0 Å². The second-order valence-corrected chi connectivity index (χ2v) is 5.12. The fourth-order valence-corrected chi connectivity index (χ4v) is 3.02. The van der Waals surface area contributed by atoms with E-state index in [2.05, 4.69) is 56.4 Å². The maximum absolute atomic E-state index is 4.53. The van der Waals surface area contributed by atoms with Crippen LogP contribution < -0.4 is 10.2 Å². The first-order chi connectivity index (χ1) is 7.77. The molecule has 1 aromatic carbocycles. The van der Waals surface area contributed by atoms with Crippen LogP contribution in [0.2, 0.25) is 0 Å². The molecule has 0 saturated heterocycles. The topological polar surface area (TPSA) is 27.6 Å². The molecule has 2 heterocycles. The van der Waals surface area contributed by atoms with Crippen LogP contribution in [0.5, 0.6) is 0 Å². The minimum atomic E-state index is 0.385. The predicted molar refractivity (Wildman–Crippen MR) is 70.3 cm³/mol. The highest BCUT2D eigenvalue weighted by Gasteiger charge is 2.32. The van der Waals surface area contributed by atoms with Crippen LogP contribution in [0.3, 0.4) is 0 Å². The zero-order chi connectivity index (χ0) is 11.1. The van der Waals surface area contributed by atoms with Crippen molar-refractivity contribution < 1.29 is 0 Å². The number of likely N-dealkylation sites (N-methyl/N-ethyl adjacent to an activating group) is 1. The number of halogens is 1. The standard InChI is InChI=1S/C12H14BrN3/c1-16-10-4-2-3-9(13)8(10)7-11(16)12-14-5-6-15-12/h2-4,11H,5-7H2,1H3,(H,14,15). The van der Waals surface area contributed by atoms with Crippen molar-refractivity contribution in [2.75, 3.05) is 25.0 Å². The van der Waals surface area contributed by atoms with E-state index < -0.39 is 0 Å². The first kappa shape index (κ1) is 10.1. The molecule has 1 unspecified atom stereocenters. The molecule has 0 aliphatic carbocycles. The maximum atomic E-state index is 4.53. The molecular formula is C12H14BrN3. The van der Waals surface area contributed by atoms with Crippen LogP contribution in [-0.4, -0.2) is 32.0 Å². The molecule has 1 N–H and O–H groups in total. The van der Waals surface area contributed by atoms with Crippen molar-refractivity contribution in [3.63, 3.8) is 0 Å². The maximum Gasteiger partial charge on any atom is 0.120 e. The fourth-order valence-electron chi connectivity index (χ4n) is 2.50. The zero-order valence-electron chi connectivity index (χ0n) is 9.20. The number of hydrogen-bond donors (Lipinski definition) is 1. The van der Waals surface area contributed by atoms with E-state index in [1.807, 2.05) is 0 Å². The summed E-state index contributed by atoms with van der Waals surface area (Å²) in [6.45, 7) is 1.90. The summed E-state index contributed by atoms with van der Waals surface area (Å²) in [5.74, 6) is 1.14. The van der Waals surface area contributed by atoms with E-state index in [1.54, 1.807) is 0 Å². The molecule has 0 radical (unpaired) electrons. The molecular weight excluding hydrogens is 266 g/mol. The summed E-state index contributed by atoms with van der Waals surface area (Å²) >= 11 is 3.62. The number of nitrogens with one attached hydrogen (secondary N) is 1. The van der Waals surface area contributed by atoms with E-state index in [4.69, 9.17) is 0 Å². The number of nitrogens with zero attached hydrogens (tertiary/aromatic N) is 2. The van der Waals surface area contributed by atoms with Crippen molar-refractivity contribution in [1.29, 1.82) is 0 Å². The van der Waals surface area contributed by atoms with Crippen molar-refractivity contribution in [3.05, 3.63) is 28.2 Å². The van der Waals surface area contributed by atoms with E-state index in [0.29, 0.717) is 6.04 Å². The minimum absolute atomic E-state index is 0.385. The van der Waals surface area contributed by atoms with Crippen molar-refractivity contribution >= 4 is 27.5 Å². The lowest BCUT2D eigenvalue weighted by molar-refractivity contribution is 0.810. The Morgan fingerprint density at radius 1 is 1.50 bits per heavy atom. The number of anilines is 1. The molecule has 1 atom stereocenters. The number of fused-ring (bicyclic) bond motifs is 1. The quantitative estimate of drug-likeness (QED) is 0.849. The first-order valence-electron chi connectivity index (χ1n) is 5.56. The summed E-state index contributed by atoms with van der Waals surface area (Å²) in [6.07, 6.45) is 1.04. The minimum Gasteiger partial charge on any atom is -0.370 e. The second kappa shape index (κ2) is 3.77.